The lowest BCUT2D eigenvalue weighted by Crippen LogP contribution is -2.45. The summed E-state index contributed by atoms with van der Waals surface area (Å²) in [6.07, 6.45) is 6.31. The Kier molecular flexibility index (Phi) is 7.68. The molecule has 4 atom stereocenters. The van der Waals surface area contributed by atoms with Gasteiger partial charge in [-0.05, 0) is 62.8 Å². The number of benzene rings is 1. The van der Waals surface area contributed by atoms with E-state index in [4.69, 9.17) is 9.72 Å². The Bertz CT molecular complexity index is 1420. The number of aromatic nitrogens is 2. The van der Waals surface area contributed by atoms with Gasteiger partial charge >= 0.3 is 0 Å². The molecule has 202 valence electrons. The Labute approximate surface area is 224 Å². The standard InChI is InChI=1S/C29H36N4O4S/c1-19-17-33(18-20(2)37-19)28-9-5-8-27(32-28)21-10-11-22-16-30-25(13-23(22)12-21)15-29(34)31-24-6-4-7-26(14-24)38(3,35)36/h5,8-13,16,19-20,24,26H,4,6-7,14-15,17-18H2,1-3H3,(H,31,34)/t19-,20+,24-,26?/m1/s1. The first kappa shape index (κ1) is 26.6. The van der Waals surface area contributed by atoms with Crippen LogP contribution in [0.25, 0.3) is 22.0 Å². The van der Waals surface area contributed by atoms with E-state index >= 15 is 0 Å². The second-order valence-electron chi connectivity index (χ2n) is 10.8. The summed E-state index contributed by atoms with van der Waals surface area (Å²) in [5, 5.41) is 4.65. The molecule has 3 aromatic rings. The van der Waals surface area contributed by atoms with Crippen molar-refractivity contribution in [3.05, 3.63) is 54.4 Å². The minimum atomic E-state index is -3.10. The Morgan fingerprint density at radius 3 is 2.63 bits per heavy atom. The van der Waals surface area contributed by atoms with Gasteiger partial charge in [0.2, 0.25) is 5.91 Å². The molecule has 1 saturated heterocycles. The number of nitrogens with zero attached hydrogens (tertiary/aromatic N) is 3. The molecule has 1 aromatic carbocycles. The Morgan fingerprint density at radius 2 is 1.87 bits per heavy atom. The van der Waals surface area contributed by atoms with Gasteiger partial charge in [0.25, 0.3) is 0 Å². The quantitative estimate of drug-likeness (QED) is 0.509. The number of sulfone groups is 1. The predicted octanol–water partition coefficient (Wildman–Crippen LogP) is 3.92. The van der Waals surface area contributed by atoms with Crippen molar-refractivity contribution in [1.29, 1.82) is 0 Å². The third-order valence-electron chi connectivity index (χ3n) is 7.49. The lowest BCUT2D eigenvalue weighted by Gasteiger charge is -2.36. The monoisotopic (exact) mass is 536 g/mol. The summed E-state index contributed by atoms with van der Waals surface area (Å²) in [4.78, 5) is 24.5. The lowest BCUT2D eigenvalue weighted by atomic mass is 9.95. The number of rotatable bonds is 6. The molecular weight excluding hydrogens is 500 g/mol. The SMILES string of the molecule is C[C@@H]1CN(c2cccc(-c3ccc4cnc(CC(=O)N[C@@H]5CCCC(S(C)(=O)=O)C5)cc4c3)n2)C[C@H](C)O1. The summed E-state index contributed by atoms with van der Waals surface area (Å²) in [5.74, 6) is 0.813. The number of ether oxygens (including phenoxy) is 1. The molecule has 3 heterocycles. The third kappa shape index (κ3) is 6.32. The van der Waals surface area contributed by atoms with Crippen molar-refractivity contribution in [3.8, 4) is 11.3 Å². The van der Waals surface area contributed by atoms with Crippen LogP contribution in [0.5, 0.6) is 0 Å². The highest BCUT2D eigenvalue weighted by atomic mass is 32.2. The average molecular weight is 537 g/mol. The molecule has 1 unspecified atom stereocenters. The molecule has 9 heteroatoms. The molecule has 2 fully saturated rings. The van der Waals surface area contributed by atoms with Gasteiger partial charge in [-0.1, -0.05) is 24.6 Å². The Morgan fingerprint density at radius 1 is 1.08 bits per heavy atom. The van der Waals surface area contributed by atoms with Gasteiger partial charge in [-0.3, -0.25) is 9.78 Å². The maximum Gasteiger partial charge on any atom is 0.226 e. The summed E-state index contributed by atoms with van der Waals surface area (Å²) in [6.45, 7) is 5.79. The van der Waals surface area contributed by atoms with Gasteiger partial charge in [-0.15, -0.1) is 0 Å². The summed E-state index contributed by atoms with van der Waals surface area (Å²) in [7, 11) is -3.10. The van der Waals surface area contributed by atoms with Crippen molar-refractivity contribution >= 4 is 32.3 Å². The summed E-state index contributed by atoms with van der Waals surface area (Å²) < 4.78 is 29.8. The number of hydrogen-bond acceptors (Lipinski definition) is 7. The average Bonchev–Trinajstić information content (AvgIpc) is 2.87. The van der Waals surface area contributed by atoms with E-state index in [2.05, 4.69) is 35.1 Å². The first-order valence-electron chi connectivity index (χ1n) is 13.4. The molecule has 1 aliphatic carbocycles. The summed E-state index contributed by atoms with van der Waals surface area (Å²) in [6, 6.07) is 14.1. The molecule has 38 heavy (non-hydrogen) atoms. The van der Waals surface area contributed by atoms with E-state index < -0.39 is 9.84 Å². The number of carbonyl (C=O) groups excluding carboxylic acids is 1. The van der Waals surface area contributed by atoms with Crippen LogP contribution in [0.3, 0.4) is 0 Å². The van der Waals surface area contributed by atoms with Gasteiger partial charge < -0.3 is 15.0 Å². The van der Waals surface area contributed by atoms with E-state index in [0.717, 1.165) is 53.8 Å². The van der Waals surface area contributed by atoms with E-state index in [-0.39, 0.29) is 35.8 Å². The van der Waals surface area contributed by atoms with Crippen LogP contribution in [0.2, 0.25) is 0 Å². The van der Waals surface area contributed by atoms with Crippen LogP contribution in [0.15, 0.2) is 48.7 Å². The maximum absolute atomic E-state index is 12.8. The first-order chi connectivity index (χ1) is 18.1. The van der Waals surface area contributed by atoms with Crippen LogP contribution >= 0.6 is 0 Å². The van der Waals surface area contributed by atoms with Gasteiger partial charge in [0.1, 0.15) is 15.7 Å². The highest BCUT2D eigenvalue weighted by Gasteiger charge is 2.29. The second-order valence-corrected chi connectivity index (χ2v) is 13.2. The fraction of sp³-hybridized carbons (Fsp3) is 0.483. The van der Waals surface area contributed by atoms with Crippen molar-refractivity contribution in [3.63, 3.8) is 0 Å². The predicted molar refractivity (Wildman–Crippen MR) is 150 cm³/mol. The number of pyridine rings is 2. The van der Waals surface area contributed by atoms with Crippen molar-refractivity contribution < 1.29 is 17.9 Å². The zero-order valence-electron chi connectivity index (χ0n) is 22.3. The molecule has 2 aliphatic rings. The number of nitrogens with one attached hydrogen (secondary N) is 1. The van der Waals surface area contributed by atoms with Crippen molar-refractivity contribution in [2.24, 2.45) is 0 Å². The highest BCUT2D eigenvalue weighted by Crippen LogP contribution is 2.27. The molecular formula is C29H36N4O4S. The molecule has 0 radical (unpaired) electrons. The molecule has 8 nitrogen and oxygen atoms in total. The van der Waals surface area contributed by atoms with Gasteiger partial charge in [-0.2, -0.15) is 0 Å². The van der Waals surface area contributed by atoms with Gasteiger partial charge in [-0.25, -0.2) is 13.4 Å². The number of anilines is 1. The van der Waals surface area contributed by atoms with Crippen LogP contribution in [0, 0.1) is 0 Å². The minimum absolute atomic E-state index is 0.112. The third-order valence-corrected chi connectivity index (χ3v) is 9.13. The summed E-state index contributed by atoms with van der Waals surface area (Å²) >= 11 is 0. The summed E-state index contributed by atoms with van der Waals surface area (Å²) in [5.41, 5.74) is 2.58. The lowest BCUT2D eigenvalue weighted by molar-refractivity contribution is -0.121. The minimum Gasteiger partial charge on any atom is -0.372 e. The number of hydrogen-bond donors (Lipinski definition) is 1. The van der Waals surface area contributed by atoms with E-state index in [9.17, 15) is 13.2 Å². The molecule has 2 aromatic heterocycles. The second kappa shape index (κ2) is 11.0. The van der Waals surface area contributed by atoms with Gasteiger partial charge in [0.15, 0.2) is 0 Å². The normalized spacial score (nSPS) is 24.3. The highest BCUT2D eigenvalue weighted by molar-refractivity contribution is 7.91. The van der Waals surface area contributed by atoms with Gasteiger partial charge in [0, 0.05) is 42.5 Å². The smallest absolute Gasteiger partial charge is 0.226 e. The number of carbonyl (C=O) groups is 1. The largest absolute Gasteiger partial charge is 0.372 e. The maximum atomic E-state index is 12.8. The fourth-order valence-electron chi connectivity index (χ4n) is 5.68. The number of amides is 1. The Balaban J connectivity index is 1.30. The molecule has 5 rings (SSSR count). The van der Waals surface area contributed by atoms with Crippen molar-refractivity contribution in [1.82, 2.24) is 15.3 Å². The van der Waals surface area contributed by atoms with Crippen LogP contribution in [-0.2, 0) is 25.8 Å². The zero-order chi connectivity index (χ0) is 26.9. The molecule has 1 N–H and O–H groups in total. The van der Waals surface area contributed by atoms with E-state index in [1.54, 1.807) is 6.20 Å². The van der Waals surface area contributed by atoms with Crippen LogP contribution in [-0.4, -0.2) is 67.1 Å². The van der Waals surface area contributed by atoms with E-state index in [1.807, 2.05) is 36.4 Å². The number of morpholine rings is 1. The Hall–Kier alpha value is -3.04. The molecule has 1 amide bonds. The van der Waals surface area contributed by atoms with Crippen molar-refractivity contribution in [2.45, 2.75) is 69.5 Å². The van der Waals surface area contributed by atoms with Crippen molar-refractivity contribution in [2.75, 3.05) is 24.2 Å². The molecule has 1 aliphatic heterocycles. The van der Waals surface area contributed by atoms with Gasteiger partial charge in [0.05, 0.1) is 35.3 Å². The molecule has 1 saturated carbocycles. The van der Waals surface area contributed by atoms with Crippen LogP contribution in [0.1, 0.15) is 45.2 Å². The first-order valence-corrected chi connectivity index (χ1v) is 15.3. The molecule has 0 bridgehead atoms. The molecule has 0 spiro atoms. The zero-order valence-corrected chi connectivity index (χ0v) is 23.1. The van der Waals surface area contributed by atoms with E-state index in [0.29, 0.717) is 18.5 Å². The van der Waals surface area contributed by atoms with Crippen LogP contribution in [0.4, 0.5) is 5.82 Å². The topological polar surface area (TPSA) is 101 Å². The fourth-order valence-corrected chi connectivity index (χ4v) is 6.85. The van der Waals surface area contributed by atoms with E-state index in [1.165, 1.54) is 6.26 Å². The number of fused-ring (bicyclic) bond motifs is 1. The van der Waals surface area contributed by atoms with Crippen LogP contribution < -0.4 is 10.2 Å².